The Labute approximate surface area is 155 Å². The van der Waals surface area contributed by atoms with Gasteiger partial charge in [0, 0.05) is 24.0 Å². The molecule has 2 bridgehead atoms. The highest BCUT2D eigenvalue weighted by atomic mass is 32.2. The Bertz CT molecular complexity index is 610. The third-order valence-corrected chi connectivity index (χ3v) is 7.30. The summed E-state index contributed by atoms with van der Waals surface area (Å²) < 4.78 is 52.9. The van der Waals surface area contributed by atoms with E-state index in [1.54, 1.807) is 6.92 Å². The van der Waals surface area contributed by atoms with Crippen LogP contribution in [-0.4, -0.2) is 35.4 Å². The van der Waals surface area contributed by atoms with Gasteiger partial charge in [-0.25, -0.2) is 9.78 Å². The third kappa shape index (κ3) is 2.71. The van der Waals surface area contributed by atoms with Gasteiger partial charge in [0.1, 0.15) is 0 Å². The largest absolute Gasteiger partial charge is 0.456 e. The minimum absolute atomic E-state index is 0.0481. The van der Waals surface area contributed by atoms with Crippen LogP contribution >= 0.6 is 11.8 Å². The molecule has 4 heterocycles. The van der Waals surface area contributed by atoms with E-state index in [0.717, 1.165) is 18.6 Å². The van der Waals surface area contributed by atoms with Gasteiger partial charge in [-0.3, -0.25) is 0 Å². The SMILES string of the molecule is CCSCC1=C(C(F)(F)F)O[C@@H]2O[C@]3(C)CC[C@H]4[C@H](C)CC[C@@H]1C24OO3. The number of hydrogen-bond acceptors (Lipinski definition) is 5. The van der Waals surface area contributed by atoms with Crippen molar-refractivity contribution in [2.24, 2.45) is 17.8 Å². The van der Waals surface area contributed by atoms with Crippen molar-refractivity contribution in [3.05, 3.63) is 11.3 Å². The number of halogens is 3. The lowest BCUT2D eigenvalue weighted by Crippen LogP contribution is -2.67. The summed E-state index contributed by atoms with van der Waals surface area (Å²) in [5.74, 6) is -0.961. The quantitative estimate of drug-likeness (QED) is 0.643. The van der Waals surface area contributed by atoms with Crippen LogP contribution in [0, 0.1) is 17.8 Å². The molecule has 0 amide bonds. The van der Waals surface area contributed by atoms with Gasteiger partial charge < -0.3 is 9.47 Å². The highest BCUT2D eigenvalue weighted by Gasteiger charge is 2.70. The summed E-state index contributed by atoms with van der Waals surface area (Å²) in [6, 6.07) is 0. The first-order valence-electron chi connectivity index (χ1n) is 9.30. The number of ether oxygens (including phenoxy) is 2. The van der Waals surface area contributed by atoms with E-state index in [9.17, 15) is 13.2 Å². The molecule has 8 heteroatoms. The number of alkyl halides is 3. The fourth-order valence-corrected chi connectivity index (χ4v) is 5.87. The molecule has 1 saturated carbocycles. The van der Waals surface area contributed by atoms with Crippen LogP contribution in [0.4, 0.5) is 13.2 Å². The van der Waals surface area contributed by atoms with Crippen LogP contribution in [0.2, 0.25) is 0 Å². The predicted molar refractivity (Wildman–Crippen MR) is 90.0 cm³/mol. The van der Waals surface area contributed by atoms with Crippen LogP contribution in [0.25, 0.3) is 0 Å². The molecule has 5 aliphatic rings. The summed E-state index contributed by atoms with van der Waals surface area (Å²) in [6.07, 6.45) is -2.76. The summed E-state index contributed by atoms with van der Waals surface area (Å²) >= 11 is 1.47. The molecule has 26 heavy (non-hydrogen) atoms. The average molecular weight is 394 g/mol. The first kappa shape index (κ1) is 18.9. The average Bonchev–Trinajstić information content (AvgIpc) is 2.80. The third-order valence-electron chi connectivity index (χ3n) is 6.37. The topological polar surface area (TPSA) is 36.9 Å². The Morgan fingerprint density at radius 2 is 1.96 bits per heavy atom. The highest BCUT2D eigenvalue weighted by molar-refractivity contribution is 7.99. The molecule has 4 nitrogen and oxygen atoms in total. The zero-order chi connectivity index (χ0) is 18.7. The smallest absolute Gasteiger partial charge is 0.449 e. The second-order valence-electron chi connectivity index (χ2n) is 7.96. The molecule has 0 aromatic rings. The molecule has 3 saturated heterocycles. The molecule has 4 fully saturated rings. The number of fused-ring (bicyclic) bond motifs is 2. The molecular weight excluding hydrogens is 369 g/mol. The van der Waals surface area contributed by atoms with Gasteiger partial charge in [-0.15, -0.1) is 0 Å². The fourth-order valence-electron chi connectivity index (χ4n) is 5.12. The van der Waals surface area contributed by atoms with Crippen LogP contribution in [0.3, 0.4) is 0 Å². The Kier molecular flexibility index (Phi) is 4.57. The van der Waals surface area contributed by atoms with E-state index >= 15 is 0 Å². The van der Waals surface area contributed by atoms with Gasteiger partial charge in [0.25, 0.3) is 0 Å². The molecule has 0 radical (unpaired) electrons. The number of thioether (sulfide) groups is 1. The fraction of sp³-hybridized carbons (Fsp3) is 0.889. The van der Waals surface area contributed by atoms with Crippen LogP contribution in [-0.2, 0) is 19.2 Å². The van der Waals surface area contributed by atoms with Gasteiger partial charge in [-0.2, -0.15) is 24.9 Å². The summed E-state index contributed by atoms with van der Waals surface area (Å²) in [5.41, 5.74) is -0.693. The maximum atomic E-state index is 13.8. The molecule has 0 N–H and O–H groups in total. The van der Waals surface area contributed by atoms with E-state index in [1.807, 2.05) is 6.92 Å². The van der Waals surface area contributed by atoms with E-state index in [4.69, 9.17) is 19.2 Å². The minimum Gasteiger partial charge on any atom is -0.456 e. The zero-order valence-corrected chi connectivity index (χ0v) is 16.0. The van der Waals surface area contributed by atoms with Crippen molar-refractivity contribution in [3.63, 3.8) is 0 Å². The molecule has 4 aliphatic heterocycles. The minimum atomic E-state index is -4.54. The van der Waals surface area contributed by atoms with Crippen LogP contribution in [0.15, 0.2) is 11.3 Å². The van der Waals surface area contributed by atoms with Gasteiger partial charge in [0.05, 0.1) is 0 Å². The predicted octanol–water partition coefficient (Wildman–Crippen LogP) is 4.80. The van der Waals surface area contributed by atoms with Gasteiger partial charge in [0.15, 0.2) is 5.60 Å². The highest BCUT2D eigenvalue weighted by Crippen LogP contribution is 2.61. The molecular formula is C18H25F3O4S. The number of hydrogen-bond donors (Lipinski definition) is 0. The molecule has 0 aromatic carbocycles. The first-order valence-corrected chi connectivity index (χ1v) is 10.5. The molecule has 1 unspecified atom stereocenters. The normalized spacial score (nSPS) is 45.2. The van der Waals surface area contributed by atoms with Crippen molar-refractivity contribution in [2.45, 2.75) is 70.3 Å². The van der Waals surface area contributed by atoms with Crippen molar-refractivity contribution in [1.29, 1.82) is 0 Å². The summed E-state index contributed by atoms with van der Waals surface area (Å²) in [4.78, 5) is 11.5. The maximum absolute atomic E-state index is 13.8. The molecule has 148 valence electrons. The molecule has 5 rings (SSSR count). The van der Waals surface area contributed by atoms with Gasteiger partial charge in [-0.05, 0) is 43.4 Å². The molecule has 6 atom stereocenters. The van der Waals surface area contributed by atoms with E-state index < -0.39 is 35.5 Å². The van der Waals surface area contributed by atoms with Crippen molar-refractivity contribution in [2.75, 3.05) is 11.5 Å². The lowest BCUT2D eigenvalue weighted by atomic mass is 9.59. The van der Waals surface area contributed by atoms with Gasteiger partial charge in [-0.1, -0.05) is 13.8 Å². The number of allylic oxidation sites excluding steroid dienone is 1. The van der Waals surface area contributed by atoms with E-state index in [-0.39, 0.29) is 11.7 Å². The lowest BCUT2D eigenvalue weighted by Gasteiger charge is -2.57. The van der Waals surface area contributed by atoms with Crippen molar-refractivity contribution in [1.82, 2.24) is 0 Å². The van der Waals surface area contributed by atoms with E-state index in [1.165, 1.54) is 11.8 Å². The second kappa shape index (κ2) is 6.29. The Morgan fingerprint density at radius 1 is 1.19 bits per heavy atom. The molecule has 1 aliphatic carbocycles. The molecule has 0 aromatic heterocycles. The summed E-state index contributed by atoms with van der Waals surface area (Å²) in [7, 11) is 0. The van der Waals surface area contributed by atoms with E-state index in [0.29, 0.717) is 24.3 Å². The Morgan fingerprint density at radius 3 is 2.65 bits per heavy atom. The first-order chi connectivity index (χ1) is 12.2. The van der Waals surface area contributed by atoms with E-state index in [2.05, 4.69) is 6.92 Å². The zero-order valence-electron chi connectivity index (χ0n) is 15.2. The van der Waals surface area contributed by atoms with Crippen LogP contribution in [0.1, 0.15) is 46.5 Å². The summed E-state index contributed by atoms with van der Waals surface area (Å²) in [5, 5.41) is 0. The Hall–Kier alpha value is -0.440. The Balaban J connectivity index is 1.85. The van der Waals surface area contributed by atoms with Crippen molar-refractivity contribution in [3.8, 4) is 0 Å². The van der Waals surface area contributed by atoms with Crippen molar-refractivity contribution >= 4 is 11.8 Å². The standard InChI is InChI=1S/C18H25F3O4S/c1-4-26-9-11-13-6-5-10(2)12-7-8-16(3)23-15(17(12,13)25-24-16)22-14(11)18(19,20)21/h10,12-13,15H,4-9H2,1-3H3/t10-,12+,13+,15-,16+,17?/m1/s1. The number of rotatable bonds is 3. The summed E-state index contributed by atoms with van der Waals surface area (Å²) in [6.45, 7) is 5.79. The monoisotopic (exact) mass is 394 g/mol. The maximum Gasteiger partial charge on any atom is 0.449 e. The molecule has 1 spiro atoms. The van der Waals surface area contributed by atoms with Gasteiger partial charge in [0.2, 0.25) is 17.8 Å². The van der Waals surface area contributed by atoms with Crippen molar-refractivity contribution < 1.29 is 32.4 Å². The second-order valence-corrected chi connectivity index (χ2v) is 9.24. The lowest BCUT2D eigenvalue weighted by molar-refractivity contribution is -0.557. The van der Waals surface area contributed by atoms with Crippen LogP contribution < -0.4 is 0 Å². The van der Waals surface area contributed by atoms with Crippen LogP contribution in [0.5, 0.6) is 0 Å². The van der Waals surface area contributed by atoms with Gasteiger partial charge >= 0.3 is 6.18 Å².